The Bertz CT molecular complexity index is 844. The molecule has 0 fully saturated rings. The highest BCUT2D eigenvalue weighted by Gasteiger charge is 2.24. The summed E-state index contributed by atoms with van der Waals surface area (Å²) in [4.78, 5) is 28.0. The van der Waals surface area contributed by atoms with E-state index in [9.17, 15) is 9.59 Å². The number of halogens is 5. The number of aromatic nitrogens is 1. The molecule has 0 aliphatic carbocycles. The molecule has 0 aliphatic rings. The first-order valence-electron chi connectivity index (χ1n) is 6.67. The van der Waals surface area contributed by atoms with Crippen molar-refractivity contribution in [2.45, 2.75) is 13.0 Å². The van der Waals surface area contributed by atoms with Gasteiger partial charge in [-0.25, -0.2) is 9.78 Å². The van der Waals surface area contributed by atoms with Gasteiger partial charge in [-0.2, -0.15) is 0 Å². The summed E-state index contributed by atoms with van der Waals surface area (Å²) in [5.74, 6) is -1.54. The van der Waals surface area contributed by atoms with Crippen LogP contribution < -0.4 is 5.32 Å². The number of anilines is 1. The van der Waals surface area contributed by atoms with Crippen molar-refractivity contribution < 1.29 is 14.3 Å². The Morgan fingerprint density at radius 3 is 2.40 bits per heavy atom. The van der Waals surface area contributed by atoms with Crippen LogP contribution in [0.4, 0.5) is 5.69 Å². The highest BCUT2D eigenvalue weighted by Crippen LogP contribution is 2.32. The maximum absolute atomic E-state index is 12.2. The Kier molecular flexibility index (Phi) is 6.77. The van der Waals surface area contributed by atoms with E-state index in [1.54, 1.807) is 18.2 Å². The summed E-state index contributed by atoms with van der Waals surface area (Å²) in [6.07, 6.45) is -0.00193. The van der Waals surface area contributed by atoms with Gasteiger partial charge in [0.05, 0.1) is 30.8 Å². The minimum absolute atomic E-state index is 0.0342. The molecule has 25 heavy (non-hydrogen) atoms. The monoisotopic (exact) mass is 440 g/mol. The van der Waals surface area contributed by atoms with Crippen LogP contribution in [0.3, 0.4) is 0 Å². The lowest BCUT2D eigenvalue weighted by Crippen LogP contribution is -2.30. The smallest absolute Gasteiger partial charge is 0.359 e. The number of benzene rings is 1. The van der Waals surface area contributed by atoms with Crippen molar-refractivity contribution in [3.63, 3.8) is 0 Å². The van der Waals surface area contributed by atoms with E-state index in [0.717, 1.165) is 6.20 Å². The van der Waals surface area contributed by atoms with Crippen molar-refractivity contribution >= 4 is 75.6 Å². The van der Waals surface area contributed by atoms with E-state index in [1.807, 2.05) is 0 Å². The van der Waals surface area contributed by atoms with Gasteiger partial charge in [-0.05, 0) is 19.1 Å². The second kappa shape index (κ2) is 8.43. The second-order valence-corrected chi connectivity index (χ2v) is 6.67. The molecule has 2 rings (SSSR count). The predicted molar refractivity (Wildman–Crippen MR) is 99.2 cm³/mol. The third kappa shape index (κ3) is 4.68. The molecular weight excluding hydrogens is 433 g/mol. The molecule has 1 unspecified atom stereocenters. The van der Waals surface area contributed by atoms with Crippen LogP contribution in [-0.2, 0) is 9.53 Å². The van der Waals surface area contributed by atoms with E-state index < -0.39 is 18.0 Å². The molecule has 1 N–H and O–H groups in total. The van der Waals surface area contributed by atoms with Gasteiger partial charge in [0.25, 0.3) is 5.91 Å². The molecule has 1 amide bonds. The minimum Gasteiger partial charge on any atom is -0.448 e. The molecule has 0 aliphatic heterocycles. The van der Waals surface area contributed by atoms with E-state index >= 15 is 0 Å². The lowest BCUT2D eigenvalue weighted by molar-refractivity contribution is -0.123. The Balaban J connectivity index is 2.10. The van der Waals surface area contributed by atoms with Gasteiger partial charge in [-0.15, -0.1) is 0 Å². The van der Waals surface area contributed by atoms with E-state index in [4.69, 9.17) is 62.7 Å². The van der Waals surface area contributed by atoms with Crippen molar-refractivity contribution in [2.24, 2.45) is 0 Å². The Morgan fingerprint density at radius 2 is 1.72 bits per heavy atom. The Labute approximate surface area is 168 Å². The molecule has 1 aromatic heterocycles. The SMILES string of the molecule is CC(OC(=O)c1ncc(Cl)c(Cl)c1Cl)C(=O)Nc1cccc(Cl)c1Cl. The number of amides is 1. The number of esters is 1. The normalized spacial score (nSPS) is 11.8. The summed E-state index contributed by atoms with van der Waals surface area (Å²) in [6, 6.07) is 4.74. The number of nitrogens with one attached hydrogen (secondary N) is 1. The topological polar surface area (TPSA) is 68.3 Å². The van der Waals surface area contributed by atoms with Gasteiger partial charge in [-0.3, -0.25) is 4.79 Å². The molecule has 1 atom stereocenters. The summed E-state index contributed by atoms with van der Waals surface area (Å²) in [6.45, 7) is 1.37. The largest absolute Gasteiger partial charge is 0.448 e. The first-order chi connectivity index (χ1) is 11.7. The van der Waals surface area contributed by atoms with Crippen molar-refractivity contribution in [3.8, 4) is 0 Å². The van der Waals surface area contributed by atoms with Gasteiger partial charge >= 0.3 is 5.97 Å². The van der Waals surface area contributed by atoms with Crippen LogP contribution in [0, 0.1) is 0 Å². The maximum Gasteiger partial charge on any atom is 0.359 e. The lowest BCUT2D eigenvalue weighted by atomic mass is 10.3. The first-order valence-corrected chi connectivity index (χ1v) is 8.56. The lowest BCUT2D eigenvalue weighted by Gasteiger charge is -2.15. The fraction of sp³-hybridized carbons (Fsp3) is 0.133. The molecule has 1 aromatic carbocycles. The van der Waals surface area contributed by atoms with Crippen molar-refractivity contribution in [3.05, 3.63) is 55.2 Å². The van der Waals surface area contributed by atoms with Gasteiger partial charge in [0.2, 0.25) is 0 Å². The van der Waals surface area contributed by atoms with Crippen molar-refractivity contribution in [1.29, 1.82) is 0 Å². The summed E-state index contributed by atoms with van der Waals surface area (Å²) < 4.78 is 5.04. The molecule has 10 heteroatoms. The van der Waals surface area contributed by atoms with Gasteiger partial charge in [0, 0.05) is 6.20 Å². The van der Waals surface area contributed by atoms with E-state index in [2.05, 4.69) is 10.3 Å². The first kappa shape index (κ1) is 20.1. The average molecular weight is 443 g/mol. The number of pyridine rings is 1. The molecule has 0 saturated heterocycles. The van der Waals surface area contributed by atoms with Crippen LogP contribution >= 0.6 is 58.0 Å². The number of ether oxygens (including phenoxy) is 1. The number of nitrogens with zero attached hydrogens (tertiary/aromatic N) is 1. The fourth-order valence-electron chi connectivity index (χ4n) is 1.69. The Morgan fingerprint density at radius 1 is 1.04 bits per heavy atom. The van der Waals surface area contributed by atoms with Crippen LogP contribution in [0.2, 0.25) is 25.1 Å². The van der Waals surface area contributed by atoms with Crippen LogP contribution in [0.5, 0.6) is 0 Å². The van der Waals surface area contributed by atoms with Crippen molar-refractivity contribution in [2.75, 3.05) is 5.32 Å². The van der Waals surface area contributed by atoms with Gasteiger partial charge in [0.15, 0.2) is 11.8 Å². The quantitative estimate of drug-likeness (QED) is 0.632. The standard InChI is InChI=1S/C15H9Cl5N2O3/c1-6(14(23)22-9-4-2-3-7(16)10(9)18)25-15(24)13-12(20)11(19)8(17)5-21-13/h2-6H,1H3,(H,22,23). The third-order valence-corrected chi connectivity index (χ3v) is 5.03. The highest BCUT2D eigenvalue weighted by atomic mass is 35.5. The van der Waals surface area contributed by atoms with Gasteiger partial charge < -0.3 is 10.1 Å². The average Bonchev–Trinajstić information content (AvgIpc) is 2.56. The second-order valence-electron chi connectivity index (χ2n) is 4.72. The maximum atomic E-state index is 12.2. The van der Waals surface area contributed by atoms with Crippen LogP contribution in [0.1, 0.15) is 17.4 Å². The number of hydrogen-bond donors (Lipinski definition) is 1. The molecule has 0 radical (unpaired) electrons. The fourth-order valence-corrected chi connectivity index (χ4v) is 2.60. The zero-order chi connectivity index (χ0) is 18.7. The number of carbonyl (C=O) groups is 2. The van der Waals surface area contributed by atoms with Crippen LogP contribution in [0.15, 0.2) is 24.4 Å². The molecule has 0 spiro atoms. The highest BCUT2D eigenvalue weighted by molar-refractivity contribution is 6.48. The van der Waals surface area contributed by atoms with Crippen LogP contribution in [-0.4, -0.2) is 23.0 Å². The predicted octanol–water partition coefficient (Wildman–Crippen LogP) is 5.53. The molecular formula is C15H9Cl5N2O3. The number of rotatable bonds is 4. The zero-order valence-electron chi connectivity index (χ0n) is 12.4. The van der Waals surface area contributed by atoms with Gasteiger partial charge in [-0.1, -0.05) is 64.1 Å². The number of carbonyl (C=O) groups excluding carboxylic acids is 2. The zero-order valence-corrected chi connectivity index (χ0v) is 16.2. The molecule has 0 bridgehead atoms. The molecule has 132 valence electrons. The molecule has 0 saturated carbocycles. The molecule has 2 aromatic rings. The van der Waals surface area contributed by atoms with E-state index in [0.29, 0.717) is 0 Å². The molecule has 1 heterocycles. The third-order valence-electron chi connectivity index (χ3n) is 2.97. The van der Waals surface area contributed by atoms with E-state index in [1.165, 1.54) is 6.92 Å². The van der Waals surface area contributed by atoms with Gasteiger partial charge in [0.1, 0.15) is 0 Å². The summed E-state index contributed by atoms with van der Waals surface area (Å²) in [5, 5.41) is 2.85. The summed E-state index contributed by atoms with van der Waals surface area (Å²) in [5.41, 5.74) is 0.0317. The molecule has 5 nitrogen and oxygen atoms in total. The van der Waals surface area contributed by atoms with Crippen molar-refractivity contribution in [1.82, 2.24) is 4.98 Å². The van der Waals surface area contributed by atoms with Crippen LogP contribution in [0.25, 0.3) is 0 Å². The van der Waals surface area contributed by atoms with E-state index in [-0.39, 0.29) is 36.5 Å². The Hall–Kier alpha value is -1.24. The summed E-state index contributed by atoms with van der Waals surface area (Å²) >= 11 is 29.4. The number of hydrogen-bond acceptors (Lipinski definition) is 4. The minimum atomic E-state index is -1.16. The summed E-state index contributed by atoms with van der Waals surface area (Å²) in [7, 11) is 0.